The minimum absolute atomic E-state index is 0.159. The maximum absolute atomic E-state index is 12.7. The third-order valence-corrected chi connectivity index (χ3v) is 6.19. The van der Waals surface area contributed by atoms with E-state index < -0.39 is 0 Å². The van der Waals surface area contributed by atoms with E-state index in [1.165, 1.54) is 11.8 Å². The van der Waals surface area contributed by atoms with Crippen LogP contribution in [0.5, 0.6) is 0 Å². The molecule has 7 nitrogen and oxygen atoms in total. The molecule has 1 atom stereocenters. The number of carbonyl (C=O) groups is 2. The fraction of sp³-hybridized carbons (Fsp3) is 0.304. The van der Waals surface area contributed by atoms with E-state index in [2.05, 4.69) is 20.8 Å². The van der Waals surface area contributed by atoms with E-state index in [4.69, 9.17) is 11.6 Å². The first-order chi connectivity index (χ1) is 15.3. The number of rotatable bonds is 8. The largest absolute Gasteiger partial charge is 0.342 e. The van der Waals surface area contributed by atoms with Gasteiger partial charge in [0.1, 0.15) is 0 Å². The molecule has 0 bridgehead atoms. The second-order valence-electron chi connectivity index (χ2n) is 7.39. The molecule has 168 valence electrons. The summed E-state index contributed by atoms with van der Waals surface area (Å²) in [5.41, 5.74) is 3.16. The lowest BCUT2D eigenvalue weighted by Crippen LogP contribution is -2.29. The Labute approximate surface area is 197 Å². The molecule has 0 radical (unpaired) electrons. The first-order valence-corrected chi connectivity index (χ1v) is 11.6. The lowest BCUT2D eigenvalue weighted by atomic mass is 10.1. The molecule has 0 spiro atoms. The van der Waals surface area contributed by atoms with Crippen molar-refractivity contribution in [1.29, 1.82) is 0 Å². The highest BCUT2D eigenvalue weighted by Crippen LogP contribution is 2.23. The number of halogens is 1. The summed E-state index contributed by atoms with van der Waals surface area (Å²) in [6.45, 7) is 8.27. The summed E-state index contributed by atoms with van der Waals surface area (Å²) in [6.07, 6.45) is 0. The minimum atomic E-state index is -0.341. The first-order valence-electron chi connectivity index (χ1n) is 10.3. The molecule has 9 heteroatoms. The molecule has 1 unspecified atom stereocenters. The van der Waals surface area contributed by atoms with Crippen LogP contribution in [0.25, 0.3) is 0 Å². The Morgan fingerprint density at radius 3 is 2.59 bits per heavy atom. The first kappa shape index (κ1) is 23.8. The van der Waals surface area contributed by atoms with Crippen molar-refractivity contribution in [2.24, 2.45) is 0 Å². The fourth-order valence-electron chi connectivity index (χ4n) is 3.24. The van der Waals surface area contributed by atoms with Crippen molar-refractivity contribution in [3.63, 3.8) is 0 Å². The maximum atomic E-state index is 12.7. The topological polar surface area (TPSA) is 88.9 Å². The minimum Gasteiger partial charge on any atom is -0.342 e. The van der Waals surface area contributed by atoms with Crippen LogP contribution in [0.4, 0.5) is 5.69 Å². The van der Waals surface area contributed by atoms with Gasteiger partial charge >= 0.3 is 0 Å². The zero-order chi connectivity index (χ0) is 23.3. The van der Waals surface area contributed by atoms with Gasteiger partial charge in [0.05, 0.1) is 11.8 Å². The smallest absolute Gasteiger partial charge is 0.252 e. The van der Waals surface area contributed by atoms with Crippen molar-refractivity contribution in [3.8, 4) is 0 Å². The Morgan fingerprint density at radius 2 is 1.88 bits per heavy atom. The van der Waals surface area contributed by atoms with Crippen LogP contribution >= 0.6 is 23.4 Å². The lowest BCUT2D eigenvalue weighted by Gasteiger charge is -2.16. The zero-order valence-corrected chi connectivity index (χ0v) is 20.0. The van der Waals surface area contributed by atoms with Crippen LogP contribution in [-0.2, 0) is 11.3 Å². The molecule has 2 aromatic carbocycles. The van der Waals surface area contributed by atoms with E-state index in [0.717, 1.165) is 11.1 Å². The third kappa shape index (κ3) is 5.69. The normalized spacial score (nSPS) is 11.8. The van der Waals surface area contributed by atoms with Gasteiger partial charge < -0.3 is 15.2 Å². The summed E-state index contributed by atoms with van der Waals surface area (Å²) in [4.78, 5) is 25.1. The summed E-state index contributed by atoms with van der Waals surface area (Å²) in [6, 6.07) is 12.5. The Kier molecular flexibility index (Phi) is 7.93. The Morgan fingerprint density at radius 1 is 1.12 bits per heavy atom. The number of hydrogen-bond donors (Lipinski definition) is 2. The van der Waals surface area contributed by atoms with Crippen LogP contribution in [0.1, 0.15) is 47.2 Å². The zero-order valence-electron chi connectivity index (χ0n) is 18.5. The van der Waals surface area contributed by atoms with Crippen molar-refractivity contribution in [1.82, 2.24) is 20.1 Å². The van der Waals surface area contributed by atoms with Crippen LogP contribution in [-0.4, -0.2) is 32.3 Å². The number of aromatic nitrogens is 3. The van der Waals surface area contributed by atoms with E-state index in [-0.39, 0.29) is 23.6 Å². The standard InChI is InChI=1S/C23H26ClN5O2S/c1-5-29-21(16(4)25-22(31)18-9-7-6-8-14(18)2)27-28-23(29)32-13-20(30)26-19-12-17(24)11-10-15(19)3/h6-12,16H,5,13H2,1-4H3,(H,25,31)(H,26,30). The maximum Gasteiger partial charge on any atom is 0.252 e. The molecule has 2 N–H and O–H groups in total. The van der Waals surface area contributed by atoms with Crippen LogP contribution in [0.2, 0.25) is 5.02 Å². The van der Waals surface area contributed by atoms with E-state index in [1.54, 1.807) is 18.2 Å². The number of thioether (sulfide) groups is 1. The van der Waals surface area contributed by atoms with E-state index >= 15 is 0 Å². The molecule has 1 heterocycles. The van der Waals surface area contributed by atoms with Crippen LogP contribution in [0, 0.1) is 13.8 Å². The molecule has 0 aliphatic heterocycles. The van der Waals surface area contributed by atoms with Gasteiger partial charge in [0, 0.05) is 22.8 Å². The van der Waals surface area contributed by atoms with Gasteiger partial charge in [-0.2, -0.15) is 0 Å². The number of aryl methyl sites for hydroxylation is 2. The molecule has 0 aliphatic rings. The van der Waals surface area contributed by atoms with E-state index in [1.807, 2.05) is 56.5 Å². The second kappa shape index (κ2) is 10.7. The van der Waals surface area contributed by atoms with Crippen molar-refractivity contribution < 1.29 is 9.59 Å². The van der Waals surface area contributed by atoms with Gasteiger partial charge in [-0.05, 0) is 57.0 Å². The van der Waals surface area contributed by atoms with Gasteiger partial charge in [0.25, 0.3) is 5.91 Å². The fourth-order valence-corrected chi connectivity index (χ4v) is 4.22. The highest BCUT2D eigenvalue weighted by atomic mass is 35.5. The van der Waals surface area contributed by atoms with Crippen molar-refractivity contribution in [2.75, 3.05) is 11.1 Å². The Hall–Kier alpha value is -2.84. The number of nitrogens with one attached hydrogen (secondary N) is 2. The molecule has 0 fully saturated rings. The molecular weight excluding hydrogens is 446 g/mol. The van der Waals surface area contributed by atoms with Gasteiger partial charge in [-0.15, -0.1) is 10.2 Å². The molecule has 0 saturated carbocycles. The SMILES string of the molecule is CCn1c(SCC(=O)Nc2cc(Cl)ccc2C)nnc1C(C)NC(=O)c1ccccc1C. The highest BCUT2D eigenvalue weighted by Gasteiger charge is 2.21. The number of hydrogen-bond acceptors (Lipinski definition) is 5. The molecule has 3 aromatic rings. The summed E-state index contributed by atoms with van der Waals surface area (Å²) < 4.78 is 1.91. The van der Waals surface area contributed by atoms with Gasteiger partial charge in [0.15, 0.2) is 11.0 Å². The van der Waals surface area contributed by atoms with Crippen LogP contribution < -0.4 is 10.6 Å². The van der Waals surface area contributed by atoms with Crippen LogP contribution in [0.15, 0.2) is 47.6 Å². The van der Waals surface area contributed by atoms with Crippen molar-refractivity contribution in [3.05, 3.63) is 70.0 Å². The van der Waals surface area contributed by atoms with Gasteiger partial charge in [0.2, 0.25) is 5.91 Å². The van der Waals surface area contributed by atoms with Crippen molar-refractivity contribution in [2.45, 2.75) is 45.4 Å². The number of amides is 2. The summed E-state index contributed by atoms with van der Waals surface area (Å²) in [5.74, 6) is 0.497. The number of nitrogens with zero attached hydrogens (tertiary/aromatic N) is 3. The predicted octanol–water partition coefficient (Wildman–Crippen LogP) is 4.79. The number of benzene rings is 2. The van der Waals surface area contributed by atoms with Gasteiger partial charge in [-0.25, -0.2) is 0 Å². The number of carbonyl (C=O) groups excluding carboxylic acids is 2. The van der Waals surface area contributed by atoms with Crippen LogP contribution in [0.3, 0.4) is 0 Å². The average Bonchev–Trinajstić information content (AvgIpc) is 3.18. The molecule has 3 rings (SSSR count). The number of anilines is 1. The second-order valence-corrected chi connectivity index (χ2v) is 8.77. The van der Waals surface area contributed by atoms with Gasteiger partial charge in [-0.1, -0.05) is 47.6 Å². The summed E-state index contributed by atoms with van der Waals surface area (Å²) >= 11 is 7.32. The molecule has 2 amide bonds. The Balaban J connectivity index is 1.65. The monoisotopic (exact) mass is 471 g/mol. The summed E-state index contributed by atoms with van der Waals surface area (Å²) in [5, 5.41) is 15.6. The van der Waals surface area contributed by atoms with Crippen molar-refractivity contribution >= 4 is 40.9 Å². The van der Waals surface area contributed by atoms with E-state index in [0.29, 0.717) is 33.8 Å². The molecular formula is C23H26ClN5O2S. The predicted molar refractivity (Wildman–Crippen MR) is 128 cm³/mol. The molecule has 0 saturated heterocycles. The molecule has 1 aromatic heterocycles. The highest BCUT2D eigenvalue weighted by molar-refractivity contribution is 7.99. The average molecular weight is 472 g/mol. The lowest BCUT2D eigenvalue weighted by molar-refractivity contribution is -0.113. The van der Waals surface area contributed by atoms with Gasteiger partial charge in [-0.3, -0.25) is 9.59 Å². The quantitative estimate of drug-likeness (QED) is 0.461. The van der Waals surface area contributed by atoms with E-state index in [9.17, 15) is 9.59 Å². The Bertz CT molecular complexity index is 1130. The molecule has 0 aliphatic carbocycles. The summed E-state index contributed by atoms with van der Waals surface area (Å²) in [7, 11) is 0. The molecule has 32 heavy (non-hydrogen) atoms. The third-order valence-electron chi connectivity index (χ3n) is 4.99.